The second-order valence-electron chi connectivity index (χ2n) is 3.65. The van der Waals surface area contributed by atoms with Crippen molar-refractivity contribution in [1.29, 1.82) is 0 Å². The number of ketones is 1. The maximum absolute atomic E-state index is 11.1. The minimum absolute atomic E-state index is 0.0111. The zero-order chi connectivity index (χ0) is 11.7. The van der Waals surface area contributed by atoms with E-state index in [1.165, 1.54) is 13.1 Å². The summed E-state index contributed by atoms with van der Waals surface area (Å²) in [6.07, 6.45) is 1.57. The fraction of sp³-hybridized carbons (Fsp3) is 0.182. The van der Waals surface area contributed by atoms with E-state index in [2.05, 4.69) is 4.98 Å². The molecule has 0 saturated heterocycles. The molecule has 1 aromatic heterocycles. The summed E-state index contributed by atoms with van der Waals surface area (Å²) in [4.78, 5) is 24.3. The van der Waals surface area contributed by atoms with E-state index in [0.717, 1.165) is 0 Å². The molecule has 1 N–H and O–H groups in total. The fourth-order valence-corrected chi connectivity index (χ4v) is 1.80. The summed E-state index contributed by atoms with van der Waals surface area (Å²) < 4.78 is 0. The van der Waals surface area contributed by atoms with Crippen LogP contribution in [-0.4, -0.2) is 15.7 Å². The van der Waals surface area contributed by atoms with E-state index in [1.54, 1.807) is 18.2 Å². The lowest BCUT2D eigenvalue weighted by molar-refractivity contribution is -0.383. The lowest BCUT2D eigenvalue weighted by Gasteiger charge is -1.99. The molecule has 16 heavy (non-hydrogen) atoms. The van der Waals surface area contributed by atoms with E-state index in [9.17, 15) is 14.9 Å². The summed E-state index contributed by atoms with van der Waals surface area (Å²) in [5, 5.41) is 11.3. The first-order chi connectivity index (χ1) is 7.59. The highest BCUT2D eigenvalue weighted by Gasteiger charge is 2.17. The third-order valence-corrected chi connectivity index (χ3v) is 2.41. The highest BCUT2D eigenvalue weighted by molar-refractivity contribution is 5.95. The molecule has 5 heteroatoms. The summed E-state index contributed by atoms with van der Waals surface area (Å²) in [6.45, 7) is 1.47. The Balaban J connectivity index is 2.68. The van der Waals surface area contributed by atoms with Gasteiger partial charge in [-0.05, 0) is 18.6 Å². The molecule has 0 atom stereocenters. The maximum Gasteiger partial charge on any atom is 0.294 e. The normalized spacial score (nSPS) is 10.6. The van der Waals surface area contributed by atoms with Gasteiger partial charge in [-0.15, -0.1) is 0 Å². The summed E-state index contributed by atoms with van der Waals surface area (Å²) in [5.74, 6) is -0.0111. The topological polar surface area (TPSA) is 76.0 Å². The zero-order valence-corrected chi connectivity index (χ0v) is 8.69. The van der Waals surface area contributed by atoms with Crippen LogP contribution in [-0.2, 0) is 11.2 Å². The monoisotopic (exact) mass is 218 g/mol. The van der Waals surface area contributed by atoms with Gasteiger partial charge in [0.25, 0.3) is 5.69 Å². The van der Waals surface area contributed by atoms with Crippen LogP contribution in [0.2, 0.25) is 0 Å². The SMILES string of the molecule is CC(=O)Cc1cccc2[nH]cc([N+](=O)[O-])c12. The molecule has 0 aliphatic rings. The number of benzene rings is 1. The van der Waals surface area contributed by atoms with Crippen LogP contribution >= 0.6 is 0 Å². The van der Waals surface area contributed by atoms with E-state index in [1.807, 2.05) is 0 Å². The van der Waals surface area contributed by atoms with E-state index >= 15 is 0 Å². The molecule has 0 radical (unpaired) electrons. The smallest absolute Gasteiger partial charge is 0.294 e. The third kappa shape index (κ3) is 1.67. The van der Waals surface area contributed by atoms with Gasteiger partial charge < -0.3 is 4.98 Å². The molecule has 0 amide bonds. The van der Waals surface area contributed by atoms with E-state index < -0.39 is 4.92 Å². The van der Waals surface area contributed by atoms with Crippen molar-refractivity contribution in [2.75, 3.05) is 0 Å². The summed E-state index contributed by atoms with van der Waals surface area (Å²) >= 11 is 0. The molecular weight excluding hydrogens is 208 g/mol. The molecule has 1 aromatic carbocycles. The molecule has 5 nitrogen and oxygen atoms in total. The van der Waals surface area contributed by atoms with Crippen LogP contribution < -0.4 is 0 Å². The Labute approximate surface area is 91.2 Å². The van der Waals surface area contributed by atoms with Gasteiger partial charge in [0.2, 0.25) is 0 Å². The van der Waals surface area contributed by atoms with Crippen molar-refractivity contribution in [1.82, 2.24) is 4.98 Å². The van der Waals surface area contributed by atoms with Gasteiger partial charge in [0.15, 0.2) is 0 Å². The van der Waals surface area contributed by atoms with Gasteiger partial charge in [-0.1, -0.05) is 12.1 Å². The molecule has 0 aliphatic heterocycles. The summed E-state index contributed by atoms with van der Waals surface area (Å²) in [5.41, 5.74) is 1.40. The molecule has 0 aliphatic carbocycles. The average molecular weight is 218 g/mol. The molecule has 0 saturated carbocycles. The Morgan fingerprint density at radius 2 is 2.25 bits per heavy atom. The summed E-state index contributed by atoms with van der Waals surface area (Å²) in [6, 6.07) is 5.28. The Bertz CT molecular complexity index is 572. The molecule has 82 valence electrons. The largest absolute Gasteiger partial charge is 0.355 e. The Morgan fingerprint density at radius 3 is 2.88 bits per heavy atom. The van der Waals surface area contributed by atoms with Crippen molar-refractivity contribution in [3.8, 4) is 0 Å². The van der Waals surface area contributed by atoms with Crippen LogP contribution in [0.25, 0.3) is 10.9 Å². The van der Waals surface area contributed by atoms with Gasteiger partial charge in [0.05, 0.1) is 22.0 Å². The molecule has 2 aromatic rings. The number of aromatic nitrogens is 1. The zero-order valence-electron chi connectivity index (χ0n) is 8.69. The molecule has 0 bridgehead atoms. The number of nitro groups is 1. The molecule has 0 fully saturated rings. The van der Waals surface area contributed by atoms with Gasteiger partial charge in [-0.25, -0.2) is 0 Å². The number of nitrogens with one attached hydrogen (secondary N) is 1. The minimum Gasteiger partial charge on any atom is -0.355 e. The standard InChI is InChI=1S/C11H10N2O3/c1-7(14)5-8-3-2-4-9-11(8)10(6-12-9)13(15)16/h2-4,6,12H,5H2,1H3. The second-order valence-corrected chi connectivity index (χ2v) is 3.65. The molecule has 0 unspecified atom stereocenters. The van der Waals surface area contributed by atoms with Crippen LogP contribution in [0.15, 0.2) is 24.4 Å². The van der Waals surface area contributed by atoms with Crippen LogP contribution in [0.4, 0.5) is 5.69 Å². The number of hydrogen-bond donors (Lipinski definition) is 1. The van der Waals surface area contributed by atoms with Crippen molar-refractivity contribution in [2.45, 2.75) is 13.3 Å². The predicted octanol–water partition coefficient (Wildman–Crippen LogP) is 2.21. The fourth-order valence-electron chi connectivity index (χ4n) is 1.80. The number of nitrogens with zero attached hydrogens (tertiary/aromatic N) is 1. The number of Topliss-reactive ketones (excluding diaryl/α,β-unsaturated/α-hetero) is 1. The first-order valence-electron chi connectivity index (χ1n) is 4.82. The maximum atomic E-state index is 11.1. The first-order valence-corrected chi connectivity index (χ1v) is 4.82. The lowest BCUT2D eigenvalue weighted by atomic mass is 10.0. The van der Waals surface area contributed by atoms with E-state index in [0.29, 0.717) is 16.5 Å². The average Bonchev–Trinajstić information content (AvgIpc) is 2.61. The van der Waals surface area contributed by atoms with Gasteiger partial charge in [-0.2, -0.15) is 0 Å². The van der Waals surface area contributed by atoms with E-state index in [-0.39, 0.29) is 17.9 Å². The Hall–Kier alpha value is -2.17. The Morgan fingerprint density at radius 1 is 1.50 bits per heavy atom. The summed E-state index contributed by atoms with van der Waals surface area (Å²) in [7, 11) is 0. The van der Waals surface area contributed by atoms with Crippen LogP contribution in [0, 0.1) is 10.1 Å². The number of H-pyrrole nitrogens is 1. The highest BCUT2D eigenvalue weighted by Crippen LogP contribution is 2.28. The number of rotatable bonds is 3. The number of fused-ring (bicyclic) bond motifs is 1. The van der Waals surface area contributed by atoms with Crippen molar-refractivity contribution in [2.24, 2.45) is 0 Å². The van der Waals surface area contributed by atoms with Gasteiger partial charge >= 0.3 is 0 Å². The number of carbonyl (C=O) groups excluding carboxylic acids is 1. The predicted molar refractivity (Wildman–Crippen MR) is 59.3 cm³/mol. The van der Waals surface area contributed by atoms with Gasteiger partial charge in [0.1, 0.15) is 5.78 Å². The van der Waals surface area contributed by atoms with Crippen molar-refractivity contribution in [3.63, 3.8) is 0 Å². The van der Waals surface area contributed by atoms with Crippen LogP contribution in [0.1, 0.15) is 12.5 Å². The Kier molecular flexibility index (Phi) is 2.44. The molecule has 2 rings (SSSR count). The highest BCUT2D eigenvalue weighted by atomic mass is 16.6. The third-order valence-electron chi connectivity index (χ3n) is 2.41. The number of carbonyl (C=O) groups is 1. The van der Waals surface area contributed by atoms with Crippen molar-refractivity contribution >= 4 is 22.4 Å². The van der Waals surface area contributed by atoms with Crippen molar-refractivity contribution in [3.05, 3.63) is 40.1 Å². The van der Waals surface area contributed by atoms with Crippen molar-refractivity contribution < 1.29 is 9.72 Å². The molecule has 0 spiro atoms. The van der Waals surface area contributed by atoms with Crippen LogP contribution in [0.3, 0.4) is 0 Å². The second kappa shape index (κ2) is 3.77. The molecular formula is C11H10N2O3. The van der Waals surface area contributed by atoms with Gasteiger partial charge in [-0.3, -0.25) is 14.9 Å². The molecule has 1 heterocycles. The number of aromatic amines is 1. The lowest BCUT2D eigenvalue weighted by Crippen LogP contribution is -1.97. The minimum atomic E-state index is -0.442. The first kappa shape index (κ1) is 10.4. The van der Waals surface area contributed by atoms with E-state index in [4.69, 9.17) is 0 Å². The van der Waals surface area contributed by atoms with Crippen LogP contribution in [0.5, 0.6) is 0 Å². The van der Waals surface area contributed by atoms with Gasteiger partial charge in [0, 0.05) is 6.42 Å². The quantitative estimate of drug-likeness (QED) is 0.633. The number of hydrogen-bond acceptors (Lipinski definition) is 3.